The van der Waals surface area contributed by atoms with Gasteiger partial charge in [0.2, 0.25) is 5.78 Å². The van der Waals surface area contributed by atoms with Gasteiger partial charge in [0.15, 0.2) is 11.5 Å². The highest BCUT2D eigenvalue weighted by Crippen LogP contribution is 2.29. The fraction of sp³-hybridized carbons (Fsp3) is 0.0476. The van der Waals surface area contributed by atoms with Crippen molar-refractivity contribution < 1.29 is 19.1 Å². The molecule has 0 saturated heterocycles. The van der Waals surface area contributed by atoms with Crippen LogP contribution in [0.5, 0.6) is 11.5 Å². The van der Waals surface area contributed by atoms with Crippen molar-refractivity contribution >= 4 is 17.5 Å². The van der Waals surface area contributed by atoms with Gasteiger partial charge < -0.3 is 15.3 Å². The molecule has 3 aromatic rings. The number of esters is 1. The number of rotatable bonds is 6. The second-order valence-corrected chi connectivity index (χ2v) is 5.67. The summed E-state index contributed by atoms with van der Waals surface area (Å²) in [4.78, 5) is 28.8. The summed E-state index contributed by atoms with van der Waals surface area (Å²) < 4.78 is 10.7. The summed E-state index contributed by atoms with van der Waals surface area (Å²) in [5, 5.41) is 3.62. The summed E-state index contributed by atoms with van der Waals surface area (Å²) in [6.45, 7) is 0. The summed E-state index contributed by atoms with van der Waals surface area (Å²) in [6.07, 6.45) is 3.00. The van der Waals surface area contributed by atoms with Crippen molar-refractivity contribution in [1.82, 2.24) is 4.98 Å². The molecule has 2 N–H and O–H groups in total. The van der Waals surface area contributed by atoms with E-state index in [4.69, 9.17) is 15.3 Å². The van der Waals surface area contributed by atoms with Gasteiger partial charge in [-0.05, 0) is 42.5 Å². The molecule has 0 aliphatic heterocycles. The highest BCUT2D eigenvalue weighted by atomic mass is 16.6. The van der Waals surface area contributed by atoms with E-state index in [1.807, 2.05) is 0 Å². The Kier molecular flexibility index (Phi) is 5.76. The Morgan fingerprint density at radius 1 is 0.929 bits per heavy atom. The van der Waals surface area contributed by atoms with Crippen LogP contribution in [0.4, 0.5) is 0 Å². The van der Waals surface area contributed by atoms with Gasteiger partial charge in [-0.1, -0.05) is 18.2 Å². The van der Waals surface area contributed by atoms with Crippen molar-refractivity contribution in [3.8, 4) is 11.5 Å². The molecule has 0 aliphatic rings. The monoisotopic (exact) mass is 375 g/mol. The molecule has 1 heterocycles. The minimum Gasteiger partial charge on any atom is -0.493 e. The summed E-state index contributed by atoms with van der Waals surface area (Å²) in [6, 6.07) is 16.5. The van der Waals surface area contributed by atoms with Crippen LogP contribution in [0.25, 0.3) is 0 Å². The molecule has 0 amide bonds. The highest BCUT2D eigenvalue weighted by molar-refractivity contribution is 6.51. The lowest BCUT2D eigenvalue weighted by Gasteiger charge is -2.12. The molecule has 7 heteroatoms. The van der Waals surface area contributed by atoms with Gasteiger partial charge in [0.05, 0.1) is 12.7 Å². The van der Waals surface area contributed by atoms with Gasteiger partial charge in [-0.3, -0.25) is 9.78 Å². The fourth-order valence-electron chi connectivity index (χ4n) is 2.53. The van der Waals surface area contributed by atoms with Crippen LogP contribution in [0.1, 0.15) is 26.3 Å². The first-order valence-electron chi connectivity index (χ1n) is 8.32. The number of nitrogens with two attached hydrogens (primary N) is 1. The SMILES string of the molecule is COc1cc(/C(=N\N)C(=O)c2cccnc2)ccc1OC(=O)c1ccccc1. The zero-order chi connectivity index (χ0) is 19.9. The van der Waals surface area contributed by atoms with Gasteiger partial charge in [0.1, 0.15) is 5.71 Å². The second kappa shape index (κ2) is 8.59. The maximum atomic E-state index is 12.6. The van der Waals surface area contributed by atoms with Crippen molar-refractivity contribution in [1.29, 1.82) is 0 Å². The van der Waals surface area contributed by atoms with E-state index in [9.17, 15) is 9.59 Å². The van der Waals surface area contributed by atoms with Crippen LogP contribution >= 0.6 is 0 Å². The largest absolute Gasteiger partial charge is 0.493 e. The van der Waals surface area contributed by atoms with Crippen LogP contribution in [-0.2, 0) is 0 Å². The van der Waals surface area contributed by atoms with Crippen molar-refractivity contribution in [3.63, 3.8) is 0 Å². The van der Waals surface area contributed by atoms with E-state index in [0.717, 1.165) is 0 Å². The molecule has 0 atom stereocenters. The van der Waals surface area contributed by atoms with E-state index in [2.05, 4.69) is 10.1 Å². The predicted octanol–water partition coefficient (Wildman–Crippen LogP) is 2.86. The molecule has 28 heavy (non-hydrogen) atoms. The number of carbonyl (C=O) groups excluding carboxylic acids is 2. The van der Waals surface area contributed by atoms with E-state index in [1.54, 1.807) is 54.7 Å². The van der Waals surface area contributed by atoms with Gasteiger partial charge in [-0.15, -0.1) is 0 Å². The topological polar surface area (TPSA) is 104 Å². The first kappa shape index (κ1) is 18.8. The zero-order valence-corrected chi connectivity index (χ0v) is 15.0. The Labute approximate surface area is 161 Å². The van der Waals surface area contributed by atoms with E-state index in [1.165, 1.54) is 25.4 Å². The Morgan fingerprint density at radius 3 is 2.32 bits per heavy atom. The van der Waals surface area contributed by atoms with Crippen LogP contribution in [0.15, 0.2) is 78.2 Å². The van der Waals surface area contributed by atoms with E-state index in [0.29, 0.717) is 16.7 Å². The van der Waals surface area contributed by atoms with Crippen LogP contribution < -0.4 is 15.3 Å². The molecule has 3 rings (SSSR count). The second-order valence-electron chi connectivity index (χ2n) is 5.67. The number of Topliss-reactive ketones (excluding diaryl/α,β-unsaturated/α-hetero) is 1. The average molecular weight is 375 g/mol. The predicted molar refractivity (Wildman–Crippen MR) is 104 cm³/mol. The Morgan fingerprint density at radius 2 is 1.68 bits per heavy atom. The molecular formula is C21H17N3O4. The van der Waals surface area contributed by atoms with Gasteiger partial charge in [-0.2, -0.15) is 5.10 Å². The number of benzene rings is 2. The first-order valence-corrected chi connectivity index (χ1v) is 8.32. The number of ketones is 1. The maximum absolute atomic E-state index is 12.6. The van der Waals surface area contributed by atoms with Crippen molar-refractivity contribution in [2.45, 2.75) is 0 Å². The van der Waals surface area contributed by atoms with Crippen molar-refractivity contribution in [2.75, 3.05) is 7.11 Å². The summed E-state index contributed by atoms with van der Waals surface area (Å²) in [5.74, 6) is 5.02. The van der Waals surface area contributed by atoms with E-state index < -0.39 is 5.97 Å². The number of hydrazone groups is 1. The molecule has 0 fully saturated rings. The normalized spacial score (nSPS) is 11.0. The number of hydrogen-bond acceptors (Lipinski definition) is 7. The number of hydrogen-bond donors (Lipinski definition) is 1. The lowest BCUT2D eigenvalue weighted by atomic mass is 10.0. The van der Waals surface area contributed by atoms with E-state index in [-0.39, 0.29) is 23.0 Å². The van der Waals surface area contributed by atoms with Gasteiger partial charge >= 0.3 is 5.97 Å². The quantitative estimate of drug-likeness (QED) is 0.177. The van der Waals surface area contributed by atoms with Crippen LogP contribution in [0.2, 0.25) is 0 Å². The molecule has 0 saturated carbocycles. The minimum absolute atomic E-state index is 0.0345. The standard InChI is InChI=1S/C21H17N3O4/c1-27-18-12-15(19(24-22)20(25)16-8-5-11-23-13-16)9-10-17(18)28-21(26)14-6-3-2-4-7-14/h2-13H,22H2,1H3/b24-19+. The Hall–Kier alpha value is -4.00. The third-order valence-corrected chi connectivity index (χ3v) is 3.92. The van der Waals surface area contributed by atoms with Crippen LogP contribution in [0.3, 0.4) is 0 Å². The number of aromatic nitrogens is 1. The van der Waals surface area contributed by atoms with Crippen molar-refractivity contribution in [2.24, 2.45) is 10.9 Å². The lowest BCUT2D eigenvalue weighted by molar-refractivity contribution is 0.0729. The van der Waals surface area contributed by atoms with Gasteiger partial charge in [0.25, 0.3) is 0 Å². The van der Waals surface area contributed by atoms with Crippen LogP contribution in [-0.4, -0.2) is 29.6 Å². The number of carbonyl (C=O) groups is 2. The van der Waals surface area contributed by atoms with E-state index >= 15 is 0 Å². The zero-order valence-electron chi connectivity index (χ0n) is 15.0. The minimum atomic E-state index is -0.522. The first-order chi connectivity index (χ1) is 13.6. The van der Waals surface area contributed by atoms with Gasteiger partial charge in [0, 0.05) is 23.5 Å². The number of ether oxygens (including phenoxy) is 2. The smallest absolute Gasteiger partial charge is 0.343 e. The third-order valence-electron chi connectivity index (χ3n) is 3.92. The molecule has 2 aromatic carbocycles. The lowest BCUT2D eigenvalue weighted by Crippen LogP contribution is -2.18. The molecule has 1 aromatic heterocycles. The number of methoxy groups -OCH3 is 1. The third kappa shape index (κ3) is 4.04. The summed E-state index contributed by atoms with van der Waals surface area (Å²) in [7, 11) is 1.43. The number of pyridine rings is 1. The number of nitrogens with zero attached hydrogens (tertiary/aromatic N) is 2. The summed E-state index contributed by atoms with van der Waals surface area (Å²) in [5.41, 5.74) is 1.22. The molecule has 0 bridgehead atoms. The van der Waals surface area contributed by atoms with Crippen molar-refractivity contribution in [3.05, 3.63) is 89.7 Å². The molecule has 0 aliphatic carbocycles. The Bertz CT molecular complexity index is 1020. The molecule has 0 spiro atoms. The Balaban J connectivity index is 1.88. The molecule has 140 valence electrons. The van der Waals surface area contributed by atoms with Gasteiger partial charge in [-0.25, -0.2) is 4.79 Å². The summed E-state index contributed by atoms with van der Waals surface area (Å²) >= 11 is 0. The average Bonchev–Trinajstić information content (AvgIpc) is 2.76. The fourth-order valence-corrected chi connectivity index (χ4v) is 2.53. The molecule has 0 unspecified atom stereocenters. The molecule has 0 radical (unpaired) electrons. The molecule has 7 nitrogen and oxygen atoms in total. The van der Waals surface area contributed by atoms with Crippen LogP contribution in [0, 0.1) is 0 Å². The maximum Gasteiger partial charge on any atom is 0.343 e. The highest BCUT2D eigenvalue weighted by Gasteiger charge is 2.19. The molecular weight excluding hydrogens is 358 g/mol.